The molecule has 0 nitrogen and oxygen atoms in total. The van der Waals surface area contributed by atoms with Gasteiger partial charge in [0, 0.05) is 5.92 Å². The summed E-state index contributed by atoms with van der Waals surface area (Å²) in [5, 5.41) is 0. The van der Waals surface area contributed by atoms with Crippen LogP contribution in [0.4, 0.5) is 4.39 Å². The van der Waals surface area contributed by atoms with Gasteiger partial charge in [0.2, 0.25) is 0 Å². The van der Waals surface area contributed by atoms with Gasteiger partial charge in [-0.1, -0.05) is 72.8 Å². The first kappa shape index (κ1) is 14.5. The lowest BCUT2D eigenvalue weighted by atomic mass is 9.86. The van der Waals surface area contributed by atoms with Crippen LogP contribution in [0, 0.1) is 5.82 Å². The zero-order valence-corrected chi connectivity index (χ0v) is 12.5. The largest absolute Gasteiger partial charge is 0.207 e. The van der Waals surface area contributed by atoms with Gasteiger partial charge in [0.05, 0.1) is 0 Å². The SMILES string of the molecule is Fc1ccc(C(CCc2ccccc2)c2ccccc2)cc1. The highest BCUT2D eigenvalue weighted by molar-refractivity contribution is 5.33. The predicted molar refractivity (Wildman–Crippen MR) is 89.4 cm³/mol. The molecule has 1 unspecified atom stereocenters. The van der Waals surface area contributed by atoms with Gasteiger partial charge in [0.25, 0.3) is 0 Å². The standard InChI is InChI=1S/C21H19F/c22-20-14-12-19(13-15-20)21(18-9-5-2-6-10-18)16-11-17-7-3-1-4-8-17/h1-10,12-15,21H,11,16H2. The normalized spacial score (nSPS) is 12.0. The van der Waals surface area contributed by atoms with E-state index in [1.807, 2.05) is 24.3 Å². The van der Waals surface area contributed by atoms with Crippen LogP contribution in [0.5, 0.6) is 0 Å². The van der Waals surface area contributed by atoms with Gasteiger partial charge in [-0.15, -0.1) is 0 Å². The first-order valence-corrected chi connectivity index (χ1v) is 7.67. The van der Waals surface area contributed by atoms with Crippen LogP contribution >= 0.6 is 0 Å². The third kappa shape index (κ3) is 3.62. The molecule has 0 aromatic heterocycles. The van der Waals surface area contributed by atoms with Gasteiger partial charge in [-0.2, -0.15) is 0 Å². The highest BCUT2D eigenvalue weighted by Gasteiger charge is 2.14. The van der Waals surface area contributed by atoms with E-state index >= 15 is 0 Å². The molecule has 0 amide bonds. The van der Waals surface area contributed by atoms with Crippen molar-refractivity contribution < 1.29 is 4.39 Å². The van der Waals surface area contributed by atoms with Gasteiger partial charge < -0.3 is 0 Å². The first-order valence-electron chi connectivity index (χ1n) is 7.67. The molecule has 0 N–H and O–H groups in total. The third-order valence-electron chi connectivity index (χ3n) is 4.04. The van der Waals surface area contributed by atoms with Crippen molar-refractivity contribution in [3.05, 3.63) is 107 Å². The van der Waals surface area contributed by atoms with Crippen LogP contribution in [0.25, 0.3) is 0 Å². The van der Waals surface area contributed by atoms with Crippen molar-refractivity contribution in [1.29, 1.82) is 0 Å². The Morgan fingerprint density at radius 1 is 0.636 bits per heavy atom. The van der Waals surface area contributed by atoms with Crippen molar-refractivity contribution in [1.82, 2.24) is 0 Å². The fourth-order valence-electron chi connectivity index (χ4n) is 2.86. The van der Waals surface area contributed by atoms with Crippen molar-refractivity contribution in [3.63, 3.8) is 0 Å². The summed E-state index contributed by atoms with van der Waals surface area (Å²) in [7, 11) is 0. The first-order chi connectivity index (χ1) is 10.8. The highest BCUT2D eigenvalue weighted by Crippen LogP contribution is 2.29. The molecule has 22 heavy (non-hydrogen) atoms. The van der Waals surface area contributed by atoms with Gasteiger partial charge in [0.15, 0.2) is 0 Å². The molecule has 1 heteroatoms. The van der Waals surface area contributed by atoms with Crippen LogP contribution in [0.2, 0.25) is 0 Å². The quantitative estimate of drug-likeness (QED) is 0.574. The Balaban J connectivity index is 1.85. The van der Waals surface area contributed by atoms with Crippen molar-refractivity contribution in [3.8, 4) is 0 Å². The molecule has 1 atom stereocenters. The average Bonchev–Trinajstić information content (AvgIpc) is 2.58. The Labute approximate surface area is 131 Å². The molecule has 0 fully saturated rings. The second kappa shape index (κ2) is 7.04. The summed E-state index contributed by atoms with van der Waals surface area (Å²) < 4.78 is 13.2. The molecule has 0 saturated carbocycles. The Bertz CT molecular complexity index is 687. The average molecular weight is 290 g/mol. The summed E-state index contributed by atoms with van der Waals surface area (Å²) in [5.74, 6) is 0.112. The Hall–Kier alpha value is -2.41. The minimum atomic E-state index is -0.182. The fraction of sp³-hybridized carbons (Fsp3) is 0.143. The minimum absolute atomic E-state index is 0.182. The lowest BCUT2D eigenvalue weighted by Crippen LogP contribution is -2.03. The van der Waals surface area contributed by atoms with Gasteiger partial charge in [-0.05, 0) is 41.7 Å². The zero-order valence-electron chi connectivity index (χ0n) is 12.5. The highest BCUT2D eigenvalue weighted by atomic mass is 19.1. The van der Waals surface area contributed by atoms with Crippen LogP contribution in [-0.4, -0.2) is 0 Å². The summed E-state index contributed by atoms with van der Waals surface area (Å²) in [6.45, 7) is 0. The van der Waals surface area contributed by atoms with E-state index < -0.39 is 0 Å². The number of hydrogen-bond donors (Lipinski definition) is 0. The monoisotopic (exact) mass is 290 g/mol. The summed E-state index contributed by atoms with van der Waals surface area (Å²) in [6, 6.07) is 27.9. The van der Waals surface area contributed by atoms with Gasteiger partial charge >= 0.3 is 0 Å². The number of rotatable bonds is 5. The Morgan fingerprint density at radius 3 is 1.82 bits per heavy atom. The number of hydrogen-bond acceptors (Lipinski definition) is 0. The predicted octanol–water partition coefficient (Wildman–Crippen LogP) is 5.59. The minimum Gasteiger partial charge on any atom is -0.207 e. The smallest absolute Gasteiger partial charge is 0.123 e. The van der Waals surface area contributed by atoms with Crippen molar-refractivity contribution in [2.24, 2.45) is 0 Å². The van der Waals surface area contributed by atoms with Crippen molar-refractivity contribution in [2.75, 3.05) is 0 Å². The molecule has 3 aromatic rings. The molecular formula is C21H19F. The summed E-state index contributed by atoms with van der Waals surface area (Å²) >= 11 is 0. The number of benzene rings is 3. The van der Waals surface area contributed by atoms with E-state index in [-0.39, 0.29) is 5.82 Å². The second-order valence-corrected chi connectivity index (χ2v) is 5.54. The fourth-order valence-corrected chi connectivity index (χ4v) is 2.86. The Morgan fingerprint density at radius 2 is 1.18 bits per heavy atom. The maximum atomic E-state index is 13.2. The van der Waals surface area contributed by atoms with Crippen LogP contribution in [-0.2, 0) is 6.42 Å². The van der Waals surface area contributed by atoms with E-state index in [4.69, 9.17) is 0 Å². The van der Waals surface area contributed by atoms with Crippen LogP contribution in [0.3, 0.4) is 0 Å². The number of halogens is 1. The van der Waals surface area contributed by atoms with E-state index in [9.17, 15) is 4.39 Å². The van der Waals surface area contributed by atoms with Crippen LogP contribution in [0.15, 0.2) is 84.9 Å². The van der Waals surface area contributed by atoms with Crippen molar-refractivity contribution in [2.45, 2.75) is 18.8 Å². The summed E-state index contributed by atoms with van der Waals surface area (Å²) in [6.07, 6.45) is 2.03. The lowest BCUT2D eigenvalue weighted by molar-refractivity contribution is 0.625. The van der Waals surface area contributed by atoms with Crippen LogP contribution < -0.4 is 0 Å². The molecule has 3 aromatic carbocycles. The van der Waals surface area contributed by atoms with Crippen molar-refractivity contribution >= 4 is 0 Å². The van der Waals surface area contributed by atoms with E-state index in [0.717, 1.165) is 12.8 Å². The van der Waals surface area contributed by atoms with Crippen LogP contribution in [0.1, 0.15) is 29.0 Å². The second-order valence-electron chi connectivity index (χ2n) is 5.54. The van der Waals surface area contributed by atoms with E-state index in [0.29, 0.717) is 5.92 Å². The molecule has 110 valence electrons. The molecule has 0 bridgehead atoms. The van der Waals surface area contributed by atoms with Gasteiger partial charge in [0.1, 0.15) is 5.82 Å². The van der Waals surface area contributed by atoms with E-state index in [2.05, 4.69) is 48.5 Å². The molecule has 0 saturated heterocycles. The summed E-state index contributed by atoms with van der Waals surface area (Å²) in [4.78, 5) is 0. The lowest BCUT2D eigenvalue weighted by Gasteiger charge is -2.18. The molecule has 0 aliphatic rings. The maximum Gasteiger partial charge on any atom is 0.123 e. The molecule has 0 aliphatic carbocycles. The third-order valence-corrected chi connectivity index (χ3v) is 4.04. The molecule has 0 spiro atoms. The summed E-state index contributed by atoms with van der Waals surface area (Å²) in [5.41, 5.74) is 3.79. The van der Waals surface area contributed by atoms with Gasteiger partial charge in [-0.25, -0.2) is 4.39 Å². The molecule has 3 rings (SSSR count). The zero-order chi connectivity index (χ0) is 15.2. The molecular weight excluding hydrogens is 271 g/mol. The van der Waals surface area contributed by atoms with Gasteiger partial charge in [-0.3, -0.25) is 0 Å². The molecule has 0 radical (unpaired) electrons. The Kier molecular flexibility index (Phi) is 4.65. The van der Waals surface area contributed by atoms with E-state index in [1.165, 1.54) is 16.7 Å². The maximum absolute atomic E-state index is 13.2. The van der Waals surface area contributed by atoms with E-state index in [1.54, 1.807) is 12.1 Å². The number of aryl methyl sites for hydroxylation is 1. The topological polar surface area (TPSA) is 0 Å². The molecule has 0 heterocycles. The molecule has 0 aliphatic heterocycles.